The van der Waals surface area contributed by atoms with Crippen LogP contribution in [0.3, 0.4) is 0 Å². The molecule has 1 aromatic carbocycles. The van der Waals surface area contributed by atoms with Gasteiger partial charge in [0.1, 0.15) is 5.82 Å². The van der Waals surface area contributed by atoms with Gasteiger partial charge in [0.05, 0.1) is 11.8 Å². The van der Waals surface area contributed by atoms with Crippen molar-refractivity contribution in [1.82, 2.24) is 0 Å². The first-order valence-electron chi connectivity index (χ1n) is 5.80. The molecule has 0 spiro atoms. The van der Waals surface area contributed by atoms with Gasteiger partial charge in [-0.25, -0.2) is 4.39 Å². The number of benzene rings is 1. The maximum atomic E-state index is 13.8. The Balaban J connectivity index is 2.31. The molecule has 0 saturated carbocycles. The first kappa shape index (κ1) is 12.0. The van der Waals surface area contributed by atoms with E-state index in [-0.39, 0.29) is 5.92 Å². The average Bonchev–Trinajstić information content (AvgIpc) is 2.32. The minimum Gasteiger partial charge on any atom is -0.391 e. The van der Waals surface area contributed by atoms with Crippen molar-refractivity contribution in [2.24, 2.45) is 5.92 Å². The Bertz CT molecular complexity index is 422. The summed E-state index contributed by atoms with van der Waals surface area (Å²) in [5.74, 6) is -0.186. The van der Waals surface area contributed by atoms with Gasteiger partial charge in [-0.3, -0.25) is 4.79 Å². The molecule has 0 amide bonds. The van der Waals surface area contributed by atoms with Crippen molar-refractivity contribution in [2.45, 2.75) is 19.4 Å². The van der Waals surface area contributed by atoms with Crippen LogP contribution in [-0.4, -0.2) is 30.6 Å². The number of carbonyl (C=O) groups excluding carboxylic acids is 1. The standard InChI is InChI=1S/C13H16FNO2/c1-9-5-6-15(7-12(9)17)13-10(8-16)3-2-4-11(13)14/h2-4,8-9,12,17H,5-7H2,1H3. The second-order valence-electron chi connectivity index (χ2n) is 4.57. The molecule has 1 N–H and O–H groups in total. The highest BCUT2D eigenvalue weighted by molar-refractivity contribution is 5.84. The lowest BCUT2D eigenvalue weighted by Crippen LogP contribution is -2.43. The molecular formula is C13H16FNO2. The summed E-state index contributed by atoms with van der Waals surface area (Å²) in [6.45, 7) is 3.02. The van der Waals surface area contributed by atoms with Crippen LogP contribution in [-0.2, 0) is 0 Å². The summed E-state index contributed by atoms with van der Waals surface area (Å²) in [5, 5.41) is 9.81. The molecule has 1 aliphatic rings. The highest BCUT2D eigenvalue weighted by atomic mass is 19.1. The average molecular weight is 237 g/mol. The highest BCUT2D eigenvalue weighted by Crippen LogP contribution is 2.28. The van der Waals surface area contributed by atoms with E-state index in [0.717, 1.165) is 6.42 Å². The molecule has 2 rings (SSSR count). The maximum Gasteiger partial charge on any atom is 0.152 e. The fourth-order valence-corrected chi connectivity index (χ4v) is 2.21. The van der Waals surface area contributed by atoms with Crippen LogP contribution in [0.25, 0.3) is 0 Å². The summed E-state index contributed by atoms with van der Waals surface area (Å²) in [6, 6.07) is 4.45. The van der Waals surface area contributed by atoms with E-state index in [4.69, 9.17) is 0 Å². The largest absolute Gasteiger partial charge is 0.391 e. The second-order valence-corrected chi connectivity index (χ2v) is 4.57. The Hall–Kier alpha value is -1.42. The number of hydrogen-bond donors (Lipinski definition) is 1. The molecule has 0 aliphatic carbocycles. The van der Waals surface area contributed by atoms with E-state index in [1.807, 2.05) is 6.92 Å². The van der Waals surface area contributed by atoms with Gasteiger partial charge in [-0.2, -0.15) is 0 Å². The quantitative estimate of drug-likeness (QED) is 0.798. The fourth-order valence-electron chi connectivity index (χ4n) is 2.21. The molecule has 2 atom stereocenters. The van der Waals surface area contributed by atoms with E-state index >= 15 is 0 Å². The van der Waals surface area contributed by atoms with Gasteiger partial charge in [0, 0.05) is 18.7 Å². The van der Waals surface area contributed by atoms with Crippen LogP contribution in [0.15, 0.2) is 18.2 Å². The molecule has 1 saturated heterocycles. The molecule has 2 unspecified atom stereocenters. The molecule has 1 aromatic rings. The summed E-state index contributed by atoms with van der Waals surface area (Å²) < 4.78 is 13.8. The summed E-state index contributed by atoms with van der Waals surface area (Å²) in [7, 11) is 0. The molecule has 3 nitrogen and oxygen atoms in total. The van der Waals surface area contributed by atoms with Gasteiger partial charge < -0.3 is 10.0 Å². The van der Waals surface area contributed by atoms with Crippen molar-refractivity contribution < 1.29 is 14.3 Å². The van der Waals surface area contributed by atoms with Crippen LogP contribution in [0.4, 0.5) is 10.1 Å². The van der Waals surface area contributed by atoms with E-state index in [0.29, 0.717) is 30.6 Å². The van der Waals surface area contributed by atoms with Crippen molar-refractivity contribution in [1.29, 1.82) is 0 Å². The number of anilines is 1. The van der Waals surface area contributed by atoms with Gasteiger partial charge >= 0.3 is 0 Å². The molecule has 1 heterocycles. The van der Waals surface area contributed by atoms with Gasteiger partial charge in [-0.1, -0.05) is 13.0 Å². The third-order valence-electron chi connectivity index (χ3n) is 3.38. The lowest BCUT2D eigenvalue weighted by Gasteiger charge is -2.36. The lowest BCUT2D eigenvalue weighted by atomic mass is 9.95. The lowest BCUT2D eigenvalue weighted by molar-refractivity contribution is 0.102. The van der Waals surface area contributed by atoms with E-state index in [9.17, 15) is 14.3 Å². The first-order valence-corrected chi connectivity index (χ1v) is 5.80. The number of carbonyl (C=O) groups is 1. The molecule has 0 radical (unpaired) electrons. The summed E-state index contributed by atoms with van der Waals surface area (Å²) in [5.41, 5.74) is 0.653. The zero-order chi connectivity index (χ0) is 12.4. The Morgan fingerprint density at radius 1 is 1.53 bits per heavy atom. The van der Waals surface area contributed by atoms with E-state index in [2.05, 4.69) is 0 Å². The number of halogens is 1. The van der Waals surface area contributed by atoms with Crippen LogP contribution >= 0.6 is 0 Å². The number of aliphatic hydroxyl groups is 1. The Morgan fingerprint density at radius 2 is 2.29 bits per heavy atom. The summed E-state index contributed by atoms with van der Waals surface area (Å²) in [6.07, 6.45) is 0.985. The van der Waals surface area contributed by atoms with Gasteiger partial charge in [0.25, 0.3) is 0 Å². The smallest absolute Gasteiger partial charge is 0.152 e. The van der Waals surface area contributed by atoms with Crippen molar-refractivity contribution >= 4 is 12.0 Å². The minimum absolute atomic E-state index is 0.220. The molecule has 92 valence electrons. The predicted octanol–water partition coefficient (Wildman–Crippen LogP) is 1.85. The monoisotopic (exact) mass is 237 g/mol. The zero-order valence-electron chi connectivity index (χ0n) is 9.77. The van der Waals surface area contributed by atoms with Crippen LogP contribution in [0.5, 0.6) is 0 Å². The zero-order valence-corrected chi connectivity index (χ0v) is 9.77. The van der Waals surface area contributed by atoms with E-state index in [1.54, 1.807) is 11.0 Å². The number of β-amino-alcohol motifs (C(OH)–C–C–N with tert-alkyl or cyclic N) is 1. The third kappa shape index (κ3) is 2.31. The first-order chi connectivity index (χ1) is 8.13. The molecule has 1 aliphatic heterocycles. The van der Waals surface area contributed by atoms with E-state index in [1.165, 1.54) is 12.1 Å². The van der Waals surface area contributed by atoms with Crippen LogP contribution in [0.2, 0.25) is 0 Å². The Kier molecular flexibility index (Phi) is 3.43. The number of hydrogen-bond acceptors (Lipinski definition) is 3. The maximum absolute atomic E-state index is 13.8. The van der Waals surface area contributed by atoms with Crippen molar-refractivity contribution in [3.05, 3.63) is 29.6 Å². The predicted molar refractivity (Wildman–Crippen MR) is 63.8 cm³/mol. The molecule has 1 fully saturated rings. The summed E-state index contributed by atoms with van der Waals surface area (Å²) in [4.78, 5) is 12.7. The number of aliphatic hydroxyl groups excluding tert-OH is 1. The number of para-hydroxylation sites is 1. The molecule has 0 bridgehead atoms. The van der Waals surface area contributed by atoms with Crippen molar-refractivity contribution in [3.63, 3.8) is 0 Å². The van der Waals surface area contributed by atoms with Crippen LogP contribution in [0.1, 0.15) is 23.7 Å². The van der Waals surface area contributed by atoms with Gasteiger partial charge in [-0.05, 0) is 24.5 Å². The van der Waals surface area contributed by atoms with Crippen LogP contribution in [0, 0.1) is 11.7 Å². The van der Waals surface area contributed by atoms with Crippen molar-refractivity contribution in [2.75, 3.05) is 18.0 Å². The van der Waals surface area contributed by atoms with Crippen molar-refractivity contribution in [3.8, 4) is 0 Å². The SMILES string of the molecule is CC1CCN(c2c(F)cccc2C=O)CC1O. The van der Waals surface area contributed by atoms with Gasteiger partial charge in [-0.15, -0.1) is 0 Å². The Morgan fingerprint density at radius 3 is 2.94 bits per heavy atom. The fraction of sp³-hybridized carbons (Fsp3) is 0.462. The molecular weight excluding hydrogens is 221 g/mol. The number of piperidine rings is 1. The van der Waals surface area contributed by atoms with Gasteiger partial charge in [0.15, 0.2) is 6.29 Å². The number of rotatable bonds is 2. The second kappa shape index (κ2) is 4.84. The molecule has 17 heavy (non-hydrogen) atoms. The third-order valence-corrected chi connectivity index (χ3v) is 3.38. The molecule has 0 aromatic heterocycles. The van der Waals surface area contributed by atoms with Crippen LogP contribution < -0.4 is 4.90 Å². The minimum atomic E-state index is -0.470. The Labute approximate surface area is 99.9 Å². The topological polar surface area (TPSA) is 40.5 Å². The van der Waals surface area contributed by atoms with E-state index < -0.39 is 11.9 Å². The van der Waals surface area contributed by atoms with Gasteiger partial charge in [0.2, 0.25) is 0 Å². The number of aldehydes is 1. The normalized spacial score (nSPS) is 24.8. The highest BCUT2D eigenvalue weighted by Gasteiger charge is 2.27. The summed E-state index contributed by atoms with van der Waals surface area (Å²) >= 11 is 0. The molecule has 4 heteroatoms. The number of nitrogens with zero attached hydrogens (tertiary/aromatic N) is 1.